The third kappa shape index (κ3) is 2.23. The van der Waals surface area contributed by atoms with Crippen LogP contribution in [0, 0.1) is 5.92 Å². The summed E-state index contributed by atoms with van der Waals surface area (Å²) in [7, 11) is 0. The smallest absolute Gasteiger partial charge is 0.0971 e. The minimum Gasteiger partial charge on any atom is -0.387 e. The van der Waals surface area contributed by atoms with Crippen LogP contribution in [0.5, 0.6) is 0 Å². The monoisotopic (exact) mass is 180 g/mol. The first-order valence-electron chi connectivity index (χ1n) is 5.69. The zero-order valence-electron chi connectivity index (χ0n) is 8.34. The lowest BCUT2D eigenvalue weighted by molar-refractivity contribution is 0.404. The molecular weight excluding hydrogens is 160 g/mol. The molecule has 0 bridgehead atoms. The minimum absolute atomic E-state index is 0.585. The van der Waals surface area contributed by atoms with Gasteiger partial charge in [0.25, 0.3) is 0 Å². The van der Waals surface area contributed by atoms with Crippen LogP contribution in [-0.4, -0.2) is 11.9 Å². The van der Waals surface area contributed by atoms with Gasteiger partial charge in [-0.2, -0.15) is 0 Å². The molecule has 0 aromatic carbocycles. The Morgan fingerprint density at radius 1 is 0.923 bits per heavy atom. The molecule has 2 saturated carbocycles. The summed E-state index contributed by atoms with van der Waals surface area (Å²) >= 11 is 0. The first-order chi connectivity index (χ1) is 6.36. The molecule has 2 fully saturated rings. The van der Waals surface area contributed by atoms with Gasteiger partial charge in [-0.05, 0) is 32.1 Å². The van der Waals surface area contributed by atoms with Crippen molar-refractivity contribution in [1.82, 2.24) is 0 Å². The van der Waals surface area contributed by atoms with Crippen LogP contribution in [0.4, 0.5) is 0 Å². The summed E-state index contributed by atoms with van der Waals surface area (Å²) in [4.78, 5) is 4.60. The number of nitrogens with two attached hydrogens (primary N) is 1. The van der Waals surface area contributed by atoms with Gasteiger partial charge in [0.05, 0.1) is 11.9 Å². The number of amidine groups is 1. The summed E-state index contributed by atoms with van der Waals surface area (Å²) in [5.74, 6) is 1.58. The van der Waals surface area contributed by atoms with Crippen molar-refractivity contribution in [1.29, 1.82) is 0 Å². The molecule has 2 aliphatic carbocycles. The van der Waals surface area contributed by atoms with E-state index in [1.807, 2.05) is 0 Å². The predicted molar refractivity (Wildman–Crippen MR) is 55.8 cm³/mol. The van der Waals surface area contributed by atoms with E-state index >= 15 is 0 Å². The standard InChI is InChI=1S/C11H20N2/c12-11(13-10-7-4-8-10)9-5-2-1-3-6-9/h9-10H,1-8H2,(H2,12,13). The predicted octanol–water partition coefficient (Wildman–Crippen LogP) is 2.48. The Labute approximate surface area is 80.6 Å². The van der Waals surface area contributed by atoms with E-state index in [-0.39, 0.29) is 0 Å². The summed E-state index contributed by atoms with van der Waals surface area (Å²) in [5.41, 5.74) is 6.01. The molecule has 13 heavy (non-hydrogen) atoms. The van der Waals surface area contributed by atoms with Crippen molar-refractivity contribution in [2.45, 2.75) is 57.4 Å². The highest BCUT2D eigenvalue weighted by molar-refractivity contribution is 5.83. The maximum Gasteiger partial charge on any atom is 0.0971 e. The molecule has 0 radical (unpaired) electrons. The second-order valence-electron chi connectivity index (χ2n) is 4.47. The minimum atomic E-state index is 0.585. The Morgan fingerprint density at radius 2 is 1.62 bits per heavy atom. The molecule has 0 atom stereocenters. The van der Waals surface area contributed by atoms with Gasteiger partial charge in [-0.1, -0.05) is 19.3 Å². The highest BCUT2D eigenvalue weighted by Crippen LogP contribution is 2.26. The molecule has 0 spiro atoms. The third-order valence-electron chi connectivity index (χ3n) is 3.43. The van der Waals surface area contributed by atoms with Crippen molar-refractivity contribution in [2.75, 3.05) is 0 Å². The quantitative estimate of drug-likeness (QED) is 0.514. The molecule has 2 rings (SSSR count). The SMILES string of the molecule is NC(=NC1CCC1)C1CCCCC1. The summed E-state index contributed by atoms with van der Waals surface area (Å²) in [6.07, 6.45) is 10.6. The lowest BCUT2D eigenvalue weighted by atomic mass is 9.87. The fraction of sp³-hybridized carbons (Fsp3) is 0.909. The molecule has 0 aromatic heterocycles. The molecule has 2 N–H and O–H groups in total. The van der Waals surface area contributed by atoms with E-state index < -0.39 is 0 Å². The summed E-state index contributed by atoms with van der Waals surface area (Å²) in [6, 6.07) is 0.585. The maximum absolute atomic E-state index is 6.01. The van der Waals surface area contributed by atoms with Gasteiger partial charge in [-0.3, -0.25) is 4.99 Å². The summed E-state index contributed by atoms with van der Waals surface area (Å²) < 4.78 is 0. The Balaban J connectivity index is 1.86. The lowest BCUT2D eigenvalue weighted by Crippen LogP contribution is -2.29. The first kappa shape index (κ1) is 9.04. The van der Waals surface area contributed by atoms with Gasteiger partial charge in [0.1, 0.15) is 0 Å². The van der Waals surface area contributed by atoms with Crippen LogP contribution in [0.1, 0.15) is 51.4 Å². The van der Waals surface area contributed by atoms with E-state index in [2.05, 4.69) is 4.99 Å². The first-order valence-corrected chi connectivity index (χ1v) is 5.69. The topological polar surface area (TPSA) is 38.4 Å². The van der Waals surface area contributed by atoms with Crippen molar-refractivity contribution >= 4 is 5.84 Å². The Bertz CT molecular complexity index is 188. The Kier molecular flexibility index (Phi) is 2.87. The molecule has 0 unspecified atom stereocenters. The zero-order chi connectivity index (χ0) is 9.10. The Hall–Kier alpha value is -0.530. The average molecular weight is 180 g/mol. The number of nitrogens with zero attached hydrogens (tertiary/aromatic N) is 1. The molecule has 2 heteroatoms. The average Bonchev–Trinajstić information content (AvgIpc) is 2.12. The van der Waals surface area contributed by atoms with Gasteiger partial charge in [0.15, 0.2) is 0 Å². The van der Waals surface area contributed by atoms with Gasteiger partial charge in [-0.25, -0.2) is 0 Å². The van der Waals surface area contributed by atoms with Crippen molar-refractivity contribution in [3.05, 3.63) is 0 Å². The van der Waals surface area contributed by atoms with Gasteiger partial charge >= 0.3 is 0 Å². The molecule has 74 valence electrons. The van der Waals surface area contributed by atoms with Crippen molar-refractivity contribution in [3.63, 3.8) is 0 Å². The fourth-order valence-corrected chi connectivity index (χ4v) is 2.23. The molecular formula is C11H20N2. The van der Waals surface area contributed by atoms with E-state index in [4.69, 9.17) is 5.73 Å². The Morgan fingerprint density at radius 3 is 2.15 bits per heavy atom. The molecule has 0 saturated heterocycles. The molecule has 0 amide bonds. The highest BCUT2D eigenvalue weighted by Gasteiger charge is 2.21. The van der Waals surface area contributed by atoms with Gasteiger partial charge in [0, 0.05) is 5.92 Å². The maximum atomic E-state index is 6.01. The van der Waals surface area contributed by atoms with Gasteiger partial charge < -0.3 is 5.73 Å². The van der Waals surface area contributed by atoms with E-state index in [0.717, 1.165) is 5.84 Å². The molecule has 0 heterocycles. The van der Waals surface area contributed by atoms with Crippen molar-refractivity contribution in [3.8, 4) is 0 Å². The number of hydrogen-bond donors (Lipinski definition) is 1. The van der Waals surface area contributed by atoms with Crippen molar-refractivity contribution in [2.24, 2.45) is 16.6 Å². The third-order valence-corrected chi connectivity index (χ3v) is 3.43. The molecule has 2 aliphatic rings. The second kappa shape index (κ2) is 4.12. The van der Waals surface area contributed by atoms with Crippen LogP contribution in [0.3, 0.4) is 0 Å². The number of aliphatic imine (C=N–C) groups is 1. The van der Waals surface area contributed by atoms with Crippen LogP contribution in [0.15, 0.2) is 4.99 Å². The molecule has 0 aromatic rings. The normalized spacial score (nSPS) is 27.2. The fourth-order valence-electron chi connectivity index (χ4n) is 2.23. The summed E-state index contributed by atoms with van der Waals surface area (Å²) in [5, 5.41) is 0. The van der Waals surface area contributed by atoms with E-state index in [0.29, 0.717) is 12.0 Å². The summed E-state index contributed by atoms with van der Waals surface area (Å²) in [6.45, 7) is 0. The highest BCUT2D eigenvalue weighted by atomic mass is 14.9. The largest absolute Gasteiger partial charge is 0.387 e. The van der Waals surface area contributed by atoms with E-state index in [1.165, 1.54) is 51.4 Å². The zero-order valence-corrected chi connectivity index (χ0v) is 8.34. The van der Waals surface area contributed by atoms with Gasteiger partial charge in [0.2, 0.25) is 0 Å². The van der Waals surface area contributed by atoms with Crippen LogP contribution in [-0.2, 0) is 0 Å². The molecule has 0 aliphatic heterocycles. The molecule has 2 nitrogen and oxygen atoms in total. The number of hydrogen-bond acceptors (Lipinski definition) is 1. The van der Waals surface area contributed by atoms with Crippen LogP contribution in [0.2, 0.25) is 0 Å². The van der Waals surface area contributed by atoms with E-state index in [9.17, 15) is 0 Å². The van der Waals surface area contributed by atoms with E-state index in [1.54, 1.807) is 0 Å². The lowest BCUT2D eigenvalue weighted by Gasteiger charge is -2.26. The van der Waals surface area contributed by atoms with Gasteiger partial charge in [-0.15, -0.1) is 0 Å². The van der Waals surface area contributed by atoms with Crippen LogP contribution < -0.4 is 5.73 Å². The number of rotatable bonds is 2. The van der Waals surface area contributed by atoms with Crippen LogP contribution >= 0.6 is 0 Å². The second-order valence-corrected chi connectivity index (χ2v) is 4.47. The van der Waals surface area contributed by atoms with Crippen LogP contribution in [0.25, 0.3) is 0 Å². The van der Waals surface area contributed by atoms with Crippen molar-refractivity contribution < 1.29 is 0 Å².